The van der Waals surface area contributed by atoms with Gasteiger partial charge in [0, 0.05) is 12.1 Å². The molecule has 0 aliphatic carbocycles. The van der Waals surface area contributed by atoms with Gasteiger partial charge >= 0.3 is 6.09 Å². The molecule has 2 N–H and O–H groups in total. The number of fused-ring (bicyclic) bond motifs is 2. The molecule has 0 spiro atoms. The molecule has 104 valence electrons. The van der Waals surface area contributed by atoms with Gasteiger partial charge in [-0.3, -0.25) is 0 Å². The number of amides is 1. The highest BCUT2D eigenvalue weighted by Crippen LogP contribution is 2.37. The zero-order chi connectivity index (χ0) is 13.3. The summed E-state index contributed by atoms with van der Waals surface area (Å²) in [6, 6.07) is 0.696. The Morgan fingerprint density at radius 1 is 1.28 bits per heavy atom. The Kier molecular flexibility index (Phi) is 3.85. The topological polar surface area (TPSA) is 55.6 Å². The molecule has 4 nitrogen and oxygen atoms in total. The summed E-state index contributed by atoms with van der Waals surface area (Å²) in [5.41, 5.74) is 5.39. The molecule has 2 heterocycles. The quantitative estimate of drug-likeness (QED) is 0.782. The van der Waals surface area contributed by atoms with E-state index in [0.29, 0.717) is 18.0 Å². The third-order valence-corrected chi connectivity index (χ3v) is 4.01. The van der Waals surface area contributed by atoms with Crippen molar-refractivity contribution in [1.82, 2.24) is 4.90 Å². The Bertz CT molecular complexity index is 297. The first-order valence-corrected chi connectivity index (χ1v) is 7.12. The summed E-state index contributed by atoms with van der Waals surface area (Å²) in [5.74, 6) is 0.582. The molecule has 2 bridgehead atoms. The molecule has 2 atom stereocenters. The molecule has 0 radical (unpaired) electrons. The van der Waals surface area contributed by atoms with Crippen LogP contribution in [-0.2, 0) is 4.74 Å². The van der Waals surface area contributed by atoms with E-state index in [-0.39, 0.29) is 6.09 Å². The van der Waals surface area contributed by atoms with Crippen LogP contribution >= 0.6 is 0 Å². The Labute approximate surface area is 110 Å². The summed E-state index contributed by atoms with van der Waals surface area (Å²) in [7, 11) is 0. The van der Waals surface area contributed by atoms with Gasteiger partial charge in [0.25, 0.3) is 0 Å². The molecule has 2 fully saturated rings. The van der Waals surface area contributed by atoms with Crippen LogP contribution in [0, 0.1) is 5.92 Å². The van der Waals surface area contributed by atoms with E-state index in [0.717, 1.165) is 32.2 Å². The van der Waals surface area contributed by atoms with Crippen molar-refractivity contribution in [3.63, 3.8) is 0 Å². The first-order chi connectivity index (χ1) is 8.40. The predicted octanol–water partition coefficient (Wildman–Crippen LogP) is 2.51. The van der Waals surface area contributed by atoms with Crippen LogP contribution in [0.4, 0.5) is 4.79 Å². The maximum atomic E-state index is 12.3. The normalized spacial score (nSPS) is 32.2. The maximum Gasteiger partial charge on any atom is 0.410 e. The van der Waals surface area contributed by atoms with E-state index >= 15 is 0 Å². The van der Waals surface area contributed by atoms with Gasteiger partial charge in [0.05, 0.1) is 0 Å². The van der Waals surface area contributed by atoms with Gasteiger partial charge in [-0.2, -0.15) is 0 Å². The van der Waals surface area contributed by atoms with Gasteiger partial charge < -0.3 is 15.4 Å². The molecular weight excluding hydrogens is 228 g/mol. The molecule has 2 saturated heterocycles. The third kappa shape index (κ3) is 2.97. The van der Waals surface area contributed by atoms with Gasteiger partial charge in [-0.15, -0.1) is 0 Å². The van der Waals surface area contributed by atoms with Crippen molar-refractivity contribution in [2.24, 2.45) is 11.7 Å². The fourth-order valence-electron chi connectivity index (χ4n) is 3.30. The molecule has 2 aliphatic rings. The summed E-state index contributed by atoms with van der Waals surface area (Å²) >= 11 is 0. The molecule has 0 saturated carbocycles. The number of hydrogen-bond acceptors (Lipinski definition) is 3. The largest absolute Gasteiger partial charge is 0.444 e. The van der Waals surface area contributed by atoms with Gasteiger partial charge in [-0.05, 0) is 65.3 Å². The number of piperidine rings is 2. The number of carbonyl (C=O) groups excluding carboxylic acids is 1. The average molecular weight is 254 g/mol. The van der Waals surface area contributed by atoms with E-state index in [9.17, 15) is 4.79 Å². The highest BCUT2D eigenvalue weighted by molar-refractivity contribution is 5.69. The number of hydrogen-bond donors (Lipinski definition) is 1. The molecule has 2 rings (SSSR count). The first-order valence-electron chi connectivity index (χ1n) is 7.12. The zero-order valence-corrected chi connectivity index (χ0v) is 11.8. The molecule has 0 aromatic carbocycles. The molecule has 0 aromatic rings. The summed E-state index contributed by atoms with van der Waals surface area (Å²) in [6.45, 7) is 6.52. The maximum absolute atomic E-state index is 12.3. The van der Waals surface area contributed by atoms with Crippen molar-refractivity contribution in [3.8, 4) is 0 Å². The SMILES string of the molecule is CC(C)(C)OC(=O)N1C2CCCC1CC(CN)C2. The van der Waals surface area contributed by atoms with Crippen LogP contribution in [0.25, 0.3) is 0 Å². The highest BCUT2D eigenvalue weighted by Gasteiger charge is 2.41. The standard InChI is InChI=1S/C14H26N2O2/c1-14(2,3)18-13(17)16-11-5-4-6-12(16)8-10(7-11)9-15/h10-12H,4-9,15H2,1-3H3. The minimum absolute atomic E-state index is 0.132. The lowest BCUT2D eigenvalue weighted by molar-refractivity contribution is -0.0272. The van der Waals surface area contributed by atoms with Crippen molar-refractivity contribution in [1.29, 1.82) is 0 Å². The lowest BCUT2D eigenvalue weighted by Crippen LogP contribution is -2.56. The van der Waals surface area contributed by atoms with Crippen molar-refractivity contribution in [3.05, 3.63) is 0 Å². The molecule has 0 aromatic heterocycles. The lowest BCUT2D eigenvalue weighted by Gasteiger charge is -2.48. The van der Waals surface area contributed by atoms with Crippen LogP contribution in [0.1, 0.15) is 52.9 Å². The first kappa shape index (κ1) is 13.7. The smallest absolute Gasteiger partial charge is 0.410 e. The summed E-state index contributed by atoms with van der Waals surface area (Å²) in [6.07, 6.45) is 5.40. The summed E-state index contributed by atoms with van der Waals surface area (Å²) in [4.78, 5) is 14.3. The van der Waals surface area contributed by atoms with Crippen LogP contribution in [0.15, 0.2) is 0 Å². The number of nitrogens with zero attached hydrogens (tertiary/aromatic N) is 1. The van der Waals surface area contributed by atoms with E-state index in [1.54, 1.807) is 0 Å². The van der Waals surface area contributed by atoms with E-state index in [1.165, 1.54) is 6.42 Å². The molecule has 18 heavy (non-hydrogen) atoms. The zero-order valence-electron chi connectivity index (χ0n) is 11.8. The van der Waals surface area contributed by atoms with Crippen LogP contribution in [0.3, 0.4) is 0 Å². The van der Waals surface area contributed by atoms with Crippen LogP contribution in [0.5, 0.6) is 0 Å². The predicted molar refractivity (Wildman–Crippen MR) is 71.3 cm³/mol. The molecule has 2 unspecified atom stereocenters. The minimum atomic E-state index is -0.407. The molecule has 2 aliphatic heterocycles. The second kappa shape index (κ2) is 5.08. The van der Waals surface area contributed by atoms with Crippen molar-refractivity contribution < 1.29 is 9.53 Å². The number of ether oxygens (including phenoxy) is 1. The minimum Gasteiger partial charge on any atom is -0.444 e. The van der Waals surface area contributed by atoms with Crippen molar-refractivity contribution in [2.75, 3.05) is 6.54 Å². The summed E-state index contributed by atoms with van der Waals surface area (Å²) in [5, 5.41) is 0. The lowest BCUT2D eigenvalue weighted by atomic mass is 9.78. The van der Waals surface area contributed by atoms with E-state index < -0.39 is 5.60 Å². The van der Waals surface area contributed by atoms with Gasteiger partial charge in [0.15, 0.2) is 0 Å². The second-order valence-corrected chi connectivity index (χ2v) is 6.70. The Balaban J connectivity index is 2.06. The number of nitrogens with two attached hydrogens (primary N) is 1. The Morgan fingerprint density at radius 3 is 2.28 bits per heavy atom. The van der Waals surface area contributed by atoms with E-state index in [2.05, 4.69) is 0 Å². The van der Waals surface area contributed by atoms with Crippen molar-refractivity contribution >= 4 is 6.09 Å². The fraction of sp³-hybridized carbons (Fsp3) is 0.929. The highest BCUT2D eigenvalue weighted by atomic mass is 16.6. The molecule has 1 amide bonds. The van der Waals surface area contributed by atoms with Crippen LogP contribution in [0.2, 0.25) is 0 Å². The average Bonchev–Trinajstić information content (AvgIpc) is 2.24. The number of carbonyl (C=O) groups is 1. The van der Waals surface area contributed by atoms with Gasteiger partial charge in [-0.1, -0.05) is 0 Å². The second-order valence-electron chi connectivity index (χ2n) is 6.70. The monoisotopic (exact) mass is 254 g/mol. The van der Waals surface area contributed by atoms with Gasteiger partial charge in [0.1, 0.15) is 5.60 Å². The number of rotatable bonds is 1. The van der Waals surface area contributed by atoms with E-state index in [1.807, 2.05) is 25.7 Å². The van der Waals surface area contributed by atoms with E-state index in [4.69, 9.17) is 10.5 Å². The molecule has 4 heteroatoms. The van der Waals surface area contributed by atoms with Crippen LogP contribution in [-0.4, -0.2) is 35.2 Å². The Morgan fingerprint density at radius 2 is 1.83 bits per heavy atom. The van der Waals surface area contributed by atoms with Crippen molar-refractivity contribution in [2.45, 2.75) is 70.6 Å². The van der Waals surface area contributed by atoms with Crippen LogP contribution < -0.4 is 5.73 Å². The molecular formula is C14H26N2O2. The third-order valence-electron chi connectivity index (χ3n) is 4.01. The summed E-state index contributed by atoms with van der Waals surface area (Å²) < 4.78 is 5.54. The van der Waals surface area contributed by atoms with Gasteiger partial charge in [-0.25, -0.2) is 4.79 Å². The Hall–Kier alpha value is -0.770. The fourth-order valence-corrected chi connectivity index (χ4v) is 3.30. The van der Waals surface area contributed by atoms with Gasteiger partial charge in [0.2, 0.25) is 0 Å².